The van der Waals surface area contributed by atoms with Gasteiger partial charge in [-0.05, 0) is 32.4 Å². The summed E-state index contributed by atoms with van der Waals surface area (Å²) in [7, 11) is 0. The molecule has 0 radical (unpaired) electrons. The summed E-state index contributed by atoms with van der Waals surface area (Å²) in [6.45, 7) is 4.09. The van der Waals surface area contributed by atoms with E-state index in [0.717, 1.165) is 23.0 Å². The largest absolute Gasteiger partial charge is 0.300 e. The van der Waals surface area contributed by atoms with Gasteiger partial charge in [0.2, 0.25) is 0 Å². The monoisotopic (exact) mass is 275 g/mol. The molecule has 0 aromatic carbocycles. The van der Waals surface area contributed by atoms with Crippen molar-refractivity contribution in [3.63, 3.8) is 0 Å². The summed E-state index contributed by atoms with van der Waals surface area (Å²) in [5, 5.41) is 21.4. The molecule has 0 saturated carbocycles. The average molecular weight is 275 g/mol. The Kier molecular flexibility index (Phi) is 4.77. The molecular formula is C13H17N5S. The third-order valence-electron chi connectivity index (χ3n) is 2.61. The molecule has 0 aliphatic rings. The lowest BCUT2D eigenvalue weighted by Gasteiger charge is -2.13. The van der Waals surface area contributed by atoms with E-state index in [0.29, 0.717) is 6.04 Å². The van der Waals surface area contributed by atoms with Gasteiger partial charge < -0.3 is 0 Å². The topological polar surface area (TPSA) is 66.0 Å². The standard InChI is InChI=1S/C13H17N5S/c1-10(2)15-11(9-14)6-8-19-13-17-16-12-5-3-4-7-18(12)13/h3-5,7,10-11,15H,6,8H2,1-2H3. The van der Waals surface area contributed by atoms with Crippen LogP contribution in [0.1, 0.15) is 20.3 Å². The fourth-order valence-corrected chi connectivity index (χ4v) is 2.70. The van der Waals surface area contributed by atoms with E-state index in [-0.39, 0.29) is 6.04 Å². The molecule has 1 atom stereocenters. The van der Waals surface area contributed by atoms with Crippen LogP contribution in [-0.4, -0.2) is 32.4 Å². The molecule has 0 amide bonds. The van der Waals surface area contributed by atoms with Crippen molar-refractivity contribution in [1.82, 2.24) is 19.9 Å². The molecule has 100 valence electrons. The molecule has 6 heteroatoms. The zero-order chi connectivity index (χ0) is 13.7. The van der Waals surface area contributed by atoms with Gasteiger partial charge in [-0.15, -0.1) is 10.2 Å². The normalized spacial score (nSPS) is 12.7. The van der Waals surface area contributed by atoms with Crippen LogP contribution in [0.25, 0.3) is 5.65 Å². The highest BCUT2D eigenvalue weighted by Crippen LogP contribution is 2.18. The van der Waals surface area contributed by atoms with E-state index in [4.69, 9.17) is 5.26 Å². The van der Waals surface area contributed by atoms with Crippen molar-refractivity contribution in [3.8, 4) is 6.07 Å². The summed E-state index contributed by atoms with van der Waals surface area (Å²) in [6.07, 6.45) is 2.74. The average Bonchev–Trinajstić information content (AvgIpc) is 2.81. The summed E-state index contributed by atoms with van der Waals surface area (Å²) in [4.78, 5) is 0. The van der Waals surface area contributed by atoms with E-state index in [9.17, 15) is 0 Å². The second kappa shape index (κ2) is 6.55. The Hall–Kier alpha value is -1.58. The van der Waals surface area contributed by atoms with Gasteiger partial charge in [0.1, 0.15) is 0 Å². The number of nitrogens with zero attached hydrogens (tertiary/aromatic N) is 4. The van der Waals surface area contributed by atoms with Crippen molar-refractivity contribution in [3.05, 3.63) is 24.4 Å². The summed E-state index contributed by atoms with van der Waals surface area (Å²) in [5.74, 6) is 0.841. The first-order valence-corrected chi connectivity index (χ1v) is 7.27. The van der Waals surface area contributed by atoms with Crippen LogP contribution in [0.15, 0.2) is 29.6 Å². The van der Waals surface area contributed by atoms with Crippen molar-refractivity contribution >= 4 is 17.4 Å². The second-order valence-corrected chi connectivity index (χ2v) is 5.61. The Balaban J connectivity index is 1.90. The molecule has 0 fully saturated rings. The Bertz CT molecular complexity index is 572. The highest BCUT2D eigenvalue weighted by Gasteiger charge is 2.10. The van der Waals surface area contributed by atoms with Crippen LogP contribution >= 0.6 is 11.8 Å². The minimum atomic E-state index is -0.105. The number of aromatic nitrogens is 3. The van der Waals surface area contributed by atoms with Crippen LogP contribution in [0.4, 0.5) is 0 Å². The Morgan fingerprint density at radius 3 is 3.00 bits per heavy atom. The molecule has 0 aliphatic heterocycles. The van der Waals surface area contributed by atoms with Crippen LogP contribution in [-0.2, 0) is 0 Å². The number of hydrogen-bond acceptors (Lipinski definition) is 5. The lowest BCUT2D eigenvalue weighted by molar-refractivity contribution is 0.522. The van der Waals surface area contributed by atoms with Crippen LogP contribution < -0.4 is 5.32 Å². The molecule has 0 aliphatic carbocycles. The van der Waals surface area contributed by atoms with Crippen molar-refractivity contribution in [2.75, 3.05) is 5.75 Å². The van der Waals surface area contributed by atoms with Crippen LogP contribution in [0.5, 0.6) is 0 Å². The predicted molar refractivity (Wildman–Crippen MR) is 76.0 cm³/mol. The van der Waals surface area contributed by atoms with Crippen molar-refractivity contribution in [2.45, 2.75) is 37.5 Å². The minimum absolute atomic E-state index is 0.105. The van der Waals surface area contributed by atoms with Gasteiger partial charge in [0.15, 0.2) is 10.8 Å². The fourth-order valence-electron chi connectivity index (χ4n) is 1.77. The third-order valence-corrected chi connectivity index (χ3v) is 3.59. The molecule has 0 saturated heterocycles. The van der Waals surface area contributed by atoms with Gasteiger partial charge in [-0.3, -0.25) is 9.72 Å². The first kappa shape index (κ1) is 13.8. The molecular weight excluding hydrogens is 258 g/mol. The maximum atomic E-state index is 9.05. The van der Waals surface area contributed by atoms with E-state index in [1.54, 1.807) is 11.8 Å². The summed E-state index contributed by atoms with van der Waals surface area (Å²) >= 11 is 1.63. The second-order valence-electron chi connectivity index (χ2n) is 4.55. The van der Waals surface area contributed by atoms with Gasteiger partial charge >= 0.3 is 0 Å². The number of hydrogen-bond donors (Lipinski definition) is 1. The number of pyridine rings is 1. The van der Waals surface area contributed by atoms with Crippen LogP contribution in [0, 0.1) is 11.3 Å². The molecule has 0 bridgehead atoms. The summed E-state index contributed by atoms with van der Waals surface area (Å²) < 4.78 is 1.96. The van der Waals surface area contributed by atoms with Gasteiger partial charge in [-0.1, -0.05) is 17.8 Å². The smallest absolute Gasteiger partial charge is 0.195 e. The first-order valence-electron chi connectivity index (χ1n) is 6.29. The van der Waals surface area contributed by atoms with Gasteiger partial charge in [-0.2, -0.15) is 5.26 Å². The van der Waals surface area contributed by atoms with Crippen LogP contribution in [0.2, 0.25) is 0 Å². The van der Waals surface area contributed by atoms with Gasteiger partial charge in [-0.25, -0.2) is 0 Å². The molecule has 2 heterocycles. The lowest BCUT2D eigenvalue weighted by atomic mass is 10.2. The molecule has 2 aromatic rings. The quantitative estimate of drug-likeness (QED) is 0.818. The van der Waals surface area contributed by atoms with E-state index in [2.05, 4.69) is 21.6 Å². The number of nitriles is 1. The van der Waals surface area contributed by atoms with Crippen molar-refractivity contribution < 1.29 is 0 Å². The molecule has 5 nitrogen and oxygen atoms in total. The van der Waals surface area contributed by atoms with Crippen molar-refractivity contribution in [2.24, 2.45) is 0 Å². The highest BCUT2D eigenvalue weighted by molar-refractivity contribution is 7.99. The zero-order valence-electron chi connectivity index (χ0n) is 11.1. The number of rotatable bonds is 6. The summed E-state index contributed by atoms with van der Waals surface area (Å²) in [6, 6.07) is 8.33. The summed E-state index contributed by atoms with van der Waals surface area (Å²) in [5.41, 5.74) is 0.849. The molecule has 2 rings (SSSR count). The third kappa shape index (κ3) is 3.69. The SMILES string of the molecule is CC(C)NC(C#N)CCSc1nnc2ccccn12. The first-order chi connectivity index (χ1) is 9.20. The van der Waals surface area contributed by atoms with Crippen molar-refractivity contribution in [1.29, 1.82) is 5.26 Å². The van der Waals surface area contributed by atoms with E-state index >= 15 is 0 Å². The fraction of sp³-hybridized carbons (Fsp3) is 0.462. The Morgan fingerprint density at radius 1 is 1.42 bits per heavy atom. The highest BCUT2D eigenvalue weighted by atomic mass is 32.2. The number of fused-ring (bicyclic) bond motifs is 1. The van der Waals surface area contributed by atoms with Gasteiger partial charge in [0.05, 0.1) is 12.1 Å². The molecule has 19 heavy (non-hydrogen) atoms. The maximum Gasteiger partial charge on any atom is 0.195 e. The molecule has 2 aromatic heterocycles. The van der Waals surface area contributed by atoms with Gasteiger partial charge in [0, 0.05) is 18.0 Å². The van der Waals surface area contributed by atoms with Crippen LogP contribution in [0.3, 0.4) is 0 Å². The van der Waals surface area contributed by atoms with Gasteiger partial charge in [0.25, 0.3) is 0 Å². The van der Waals surface area contributed by atoms with E-state index in [1.807, 2.05) is 42.6 Å². The molecule has 1 N–H and O–H groups in total. The Morgan fingerprint density at radius 2 is 2.26 bits per heavy atom. The number of thioether (sulfide) groups is 1. The number of nitrogens with one attached hydrogen (secondary N) is 1. The molecule has 1 unspecified atom stereocenters. The maximum absolute atomic E-state index is 9.05. The predicted octanol–water partition coefficient (Wildman–Crippen LogP) is 2.10. The lowest BCUT2D eigenvalue weighted by Crippen LogP contribution is -2.33. The zero-order valence-corrected chi connectivity index (χ0v) is 11.9. The van der Waals surface area contributed by atoms with E-state index < -0.39 is 0 Å². The van der Waals surface area contributed by atoms with E-state index in [1.165, 1.54) is 0 Å². The molecule has 0 spiro atoms. The Labute approximate surface area is 117 Å². The minimum Gasteiger partial charge on any atom is -0.300 e.